The third-order valence-corrected chi connectivity index (χ3v) is 5.48. The summed E-state index contributed by atoms with van der Waals surface area (Å²) >= 11 is 5.51. The third-order valence-electron chi connectivity index (χ3n) is 3.57. The highest BCUT2D eigenvalue weighted by Crippen LogP contribution is 2.25. The number of rotatable bonds is 6. The highest BCUT2D eigenvalue weighted by Gasteiger charge is 2.17. The largest absolute Gasteiger partial charge is 0.317 e. The molecule has 1 fully saturated rings. The van der Waals surface area contributed by atoms with E-state index in [1.807, 2.05) is 11.3 Å². The van der Waals surface area contributed by atoms with Crippen molar-refractivity contribution in [1.82, 2.24) is 10.2 Å². The topological polar surface area (TPSA) is 15.3 Å². The number of halogens is 1. The molecule has 0 saturated carbocycles. The Labute approximate surface area is 123 Å². The first-order valence-corrected chi connectivity index (χ1v) is 8.61. The first kappa shape index (κ1) is 14.5. The van der Waals surface area contributed by atoms with E-state index in [9.17, 15) is 0 Å². The second kappa shape index (κ2) is 7.63. The fourth-order valence-electron chi connectivity index (χ4n) is 2.62. The van der Waals surface area contributed by atoms with Crippen molar-refractivity contribution >= 4 is 27.3 Å². The van der Waals surface area contributed by atoms with Crippen LogP contribution in [0.5, 0.6) is 0 Å². The Morgan fingerprint density at radius 2 is 2.22 bits per heavy atom. The molecule has 2 rings (SSSR count). The summed E-state index contributed by atoms with van der Waals surface area (Å²) in [5.41, 5.74) is 0. The van der Waals surface area contributed by atoms with Crippen LogP contribution in [0.1, 0.15) is 31.1 Å². The molecular formula is C14H23BrN2S. The summed E-state index contributed by atoms with van der Waals surface area (Å²) in [6.45, 7) is 8.27. The van der Waals surface area contributed by atoms with Gasteiger partial charge in [0.2, 0.25) is 0 Å². The number of piperidine rings is 1. The lowest BCUT2D eigenvalue weighted by Crippen LogP contribution is -2.36. The number of nitrogens with one attached hydrogen (secondary N) is 1. The van der Waals surface area contributed by atoms with Crippen molar-refractivity contribution in [3.8, 4) is 0 Å². The fourth-order valence-corrected chi connectivity index (χ4v) is 4.14. The van der Waals surface area contributed by atoms with E-state index in [1.165, 1.54) is 54.8 Å². The molecule has 0 radical (unpaired) electrons. The Hall–Kier alpha value is 0.1000. The monoisotopic (exact) mass is 330 g/mol. The van der Waals surface area contributed by atoms with E-state index in [-0.39, 0.29) is 0 Å². The third kappa shape index (κ3) is 4.34. The number of nitrogens with zero attached hydrogens (tertiary/aromatic N) is 1. The summed E-state index contributed by atoms with van der Waals surface area (Å²) in [5, 5.41) is 5.63. The van der Waals surface area contributed by atoms with Gasteiger partial charge in [-0.15, -0.1) is 11.3 Å². The molecule has 18 heavy (non-hydrogen) atoms. The van der Waals surface area contributed by atoms with Gasteiger partial charge in [0.1, 0.15) is 0 Å². The van der Waals surface area contributed by atoms with Crippen LogP contribution in [0.3, 0.4) is 0 Å². The van der Waals surface area contributed by atoms with Gasteiger partial charge in [0.05, 0.1) is 0 Å². The van der Waals surface area contributed by atoms with Crippen molar-refractivity contribution in [2.24, 2.45) is 5.92 Å². The quantitative estimate of drug-likeness (QED) is 0.855. The van der Waals surface area contributed by atoms with Crippen LogP contribution in [0.4, 0.5) is 0 Å². The van der Waals surface area contributed by atoms with Gasteiger partial charge >= 0.3 is 0 Å². The molecule has 0 spiro atoms. The van der Waals surface area contributed by atoms with Gasteiger partial charge in [-0.2, -0.15) is 0 Å². The van der Waals surface area contributed by atoms with Gasteiger partial charge in [0, 0.05) is 22.4 Å². The van der Waals surface area contributed by atoms with Gasteiger partial charge in [-0.1, -0.05) is 6.92 Å². The van der Waals surface area contributed by atoms with E-state index < -0.39 is 0 Å². The van der Waals surface area contributed by atoms with Crippen LogP contribution in [0.15, 0.2) is 15.9 Å². The standard InChI is InChI=1S/C14H23BrN2S/c1-2-8-17(10-12-3-6-16-7-4-12)11-14-13(15)5-9-18-14/h5,9,12,16H,2-4,6-8,10-11H2,1H3. The molecule has 0 bridgehead atoms. The summed E-state index contributed by atoms with van der Waals surface area (Å²) in [5.74, 6) is 0.886. The molecule has 1 aliphatic heterocycles. The van der Waals surface area contributed by atoms with Crippen LogP contribution in [-0.2, 0) is 6.54 Å². The molecule has 0 amide bonds. The molecule has 2 nitrogen and oxygen atoms in total. The lowest BCUT2D eigenvalue weighted by Gasteiger charge is -2.29. The number of hydrogen-bond acceptors (Lipinski definition) is 3. The molecule has 1 aromatic rings. The van der Waals surface area contributed by atoms with Gasteiger partial charge in [-0.25, -0.2) is 0 Å². The zero-order valence-electron chi connectivity index (χ0n) is 11.1. The van der Waals surface area contributed by atoms with E-state index in [0.717, 1.165) is 12.5 Å². The molecule has 1 aromatic heterocycles. The Bertz CT molecular complexity index is 347. The molecule has 2 heterocycles. The lowest BCUT2D eigenvalue weighted by molar-refractivity contribution is 0.200. The molecule has 1 saturated heterocycles. The summed E-state index contributed by atoms with van der Waals surface area (Å²) in [4.78, 5) is 4.10. The number of thiophene rings is 1. The molecule has 1 N–H and O–H groups in total. The maximum Gasteiger partial charge on any atom is 0.0339 e. The maximum absolute atomic E-state index is 3.64. The van der Waals surface area contributed by atoms with E-state index in [4.69, 9.17) is 0 Å². The Kier molecular flexibility index (Phi) is 6.15. The van der Waals surface area contributed by atoms with Gasteiger partial charge in [-0.3, -0.25) is 4.90 Å². The van der Waals surface area contributed by atoms with Crippen LogP contribution in [-0.4, -0.2) is 31.1 Å². The molecule has 0 aliphatic carbocycles. The van der Waals surface area contributed by atoms with E-state index >= 15 is 0 Å². The Balaban J connectivity index is 1.88. The minimum atomic E-state index is 0.886. The van der Waals surface area contributed by atoms with Gasteiger partial charge in [0.25, 0.3) is 0 Å². The summed E-state index contributed by atoms with van der Waals surface area (Å²) in [7, 11) is 0. The van der Waals surface area contributed by atoms with Crippen molar-refractivity contribution in [3.63, 3.8) is 0 Å². The molecular weight excluding hydrogens is 308 g/mol. The van der Waals surface area contributed by atoms with Gasteiger partial charge in [0.15, 0.2) is 0 Å². The van der Waals surface area contributed by atoms with Crippen LogP contribution in [0.2, 0.25) is 0 Å². The average Bonchev–Trinajstić information content (AvgIpc) is 2.77. The van der Waals surface area contributed by atoms with Gasteiger partial charge < -0.3 is 5.32 Å². The maximum atomic E-state index is 3.64. The Morgan fingerprint density at radius 1 is 1.44 bits per heavy atom. The second-order valence-corrected chi connectivity index (χ2v) is 6.98. The summed E-state index contributed by atoms with van der Waals surface area (Å²) in [6.07, 6.45) is 3.92. The van der Waals surface area contributed by atoms with Crippen LogP contribution in [0, 0.1) is 5.92 Å². The first-order chi connectivity index (χ1) is 8.79. The van der Waals surface area contributed by atoms with Crippen molar-refractivity contribution in [2.45, 2.75) is 32.7 Å². The minimum Gasteiger partial charge on any atom is -0.317 e. The highest BCUT2D eigenvalue weighted by atomic mass is 79.9. The smallest absolute Gasteiger partial charge is 0.0339 e. The average molecular weight is 331 g/mol. The first-order valence-electron chi connectivity index (χ1n) is 6.94. The van der Waals surface area contributed by atoms with Crippen molar-refractivity contribution in [1.29, 1.82) is 0 Å². The van der Waals surface area contributed by atoms with Crippen molar-refractivity contribution in [2.75, 3.05) is 26.2 Å². The van der Waals surface area contributed by atoms with Crippen LogP contribution >= 0.6 is 27.3 Å². The molecule has 0 unspecified atom stereocenters. The normalized spacial score (nSPS) is 17.5. The predicted molar refractivity (Wildman–Crippen MR) is 83.2 cm³/mol. The SMILES string of the molecule is CCCN(Cc1sccc1Br)CC1CCNCC1. The van der Waals surface area contributed by atoms with E-state index in [0.29, 0.717) is 0 Å². The minimum absolute atomic E-state index is 0.886. The zero-order chi connectivity index (χ0) is 12.8. The van der Waals surface area contributed by atoms with E-state index in [2.05, 4.69) is 44.5 Å². The molecule has 0 atom stereocenters. The second-order valence-electron chi connectivity index (χ2n) is 5.12. The van der Waals surface area contributed by atoms with Crippen molar-refractivity contribution < 1.29 is 0 Å². The number of hydrogen-bond donors (Lipinski definition) is 1. The molecule has 1 aliphatic rings. The Morgan fingerprint density at radius 3 is 2.83 bits per heavy atom. The van der Waals surface area contributed by atoms with Crippen LogP contribution < -0.4 is 5.32 Å². The predicted octanol–water partition coefficient (Wildman–Crippen LogP) is 3.72. The lowest BCUT2D eigenvalue weighted by atomic mass is 9.97. The summed E-state index contributed by atoms with van der Waals surface area (Å²) < 4.78 is 1.28. The zero-order valence-corrected chi connectivity index (χ0v) is 13.5. The highest BCUT2D eigenvalue weighted by molar-refractivity contribution is 9.10. The van der Waals surface area contributed by atoms with E-state index in [1.54, 1.807) is 0 Å². The van der Waals surface area contributed by atoms with Crippen LogP contribution in [0.25, 0.3) is 0 Å². The van der Waals surface area contributed by atoms with Gasteiger partial charge in [-0.05, 0) is 72.2 Å². The van der Waals surface area contributed by atoms with Crippen molar-refractivity contribution in [3.05, 3.63) is 20.8 Å². The summed E-state index contributed by atoms with van der Waals surface area (Å²) in [6, 6.07) is 2.16. The fraction of sp³-hybridized carbons (Fsp3) is 0.714. The molecule has 4 heteroatoms. The molecule has 0 aromatic carbocycles. The molecule has 102 valence electrons.